The van der Waals surface area contributed by atoms with Gasteiger partial charge in [-0.05, 0) is 30.2 Å². The van der Waals surface area contributed by atoms with Gasteiger partial charge in [0.1, 0.15) is 5.82 Å². The molecule has 1 N–H and O–H groups in total. The molecule has 5 heteroatoms. The lowest BCUT2D eigenvalue weighted by atomic mass is 10.1. The van der Waals surface area contributed by atoms with Crippen LogP contribution in [-0.4, -0.2) is 16.2 Å². The van der Waals surface area contributed by atoms with Crippen LogP contribution in [0.4, 0.5) is 10.1 Å². The second kappa shape index (κ2) is 6.43. The molecule has 1 aromatic carbocycles. The van der Waals surface area contributed by atoms with Crippen LogP contribution >= 0.6 is 15.9 Å². The van der Waals surface area contributed by atoms with Gasteiger partial charge >= 0.3 is 0 Å². The molecular formula is C14H12BrFN2O. The van der Waals surface area contributed by atoms with Crippen LogP contribution in [0.25, 0.3) is 0 Å². The van der Waals surface area contributed by atoms with Gasteiger partial charge in [-0.15, -0.1) is 0 Å². The fourth-order valence-corrected chi connectivity index (χ4v) is 2.06. The van der Waals surface area contributed by atoms with Crippen molar-refractivity contribution in [1.82, 2.24) is 4.98 Å². The number of pyridine rings is 1. The molecule has 2 aromatic rings. The molecule has 98 valence electrons. The minimum atomic E-state index is -0.527. The zero-order chi connectivity index (χ0) is 13.7. The lowest BCUT2D eigenvalue weighted by Crippen LogP contribution is -2.12. The first-order valence-corrected chi connectivity index (χ1v) is 6.88. The summed E-state index contributed by atoms with van der Waals surface area (Å²) in [7, 11) is 0. The molecule has 0 saturated carbocycles. The van der Waals surface area contributed by atoms with E-state index in [0.717, 1.165) is 24.0 Å². The van der Waals surface area contributed by atoms with Gasteiger partial charge < -0.3 is 5.32 Å². The fourth-order valence-electron chi connectivity index (χ4n) is 1.60. The predicted molar refractivity (Wildman–Crippen MR) is 76.1 cm³/mol. The van der Waals surface area contributed by atoms with Gasteiger partial charge in [-0.1, -0.05) is 28.1 Å². The van der Waals surface area contributed by atoms with Crippen LogP contribution in [0.5, 0.6) is 0 Å². The van der Waals surface area contributed by atoms with Gasteiger partial charge in [0.25, 0.3) is 5.91 Å². The highest BCUT2D eigenvalue weighted by molar-refractivity contribution is 9.09. The van der Waals surface area contributed by atoms with Crippen LogP contribution in [-0.2, 0) is 6.42 Å². The summed E-state index contributed by atoms with van der Waals surface area (Å²) in [6, 6.07) is 8.69. The van der Waals surface area contributed by atoms with E-state index in [4.69, 9.17) is 0 Å². The number of benzene rings is 1. The van der Waals surface area contributed by atoms with E-state index >= 15 is 0 Å². The summed E-state index contributed by atoms with van der Waals surface area (Å²) in [6.07, 6.45) is 3.32. The number of anilines is 1. The number of halogens is 2. The van der Waals surface area contributed by atoms with E-state index in [1.54, 1.807) is 0 Å². The Bertz CT molecular complexity index is 572. The largest absolute Gasteiger partial charge is 0.322 e. The number of hydrogen-bond donors (Lipinski definition) is 1. The number of amides is 1. The molecule has 0 aliphatic heterocycles. The zero-order valence-electron chi connectivity index (χ0n) is 10.1. The highest BCUT2D eigenvalue weighted by Gasteiger charge is 2.07. The number of hydrogen-bond acceptors (Lipinski definition) is 2. The molecule has 0 aliphatic rings. The number of aryl methyl sites for hydroxylation is 1. The Balaban J connectivity index is 2.06. The van der Waals surface area contributed by atoms with Gasteiger partial charge in [0, 0.05) is 17.2 Å². The Morgan fingerprint density at radius 2 is 2.00 bits per heavy atom. The Hall–Kier alpha value is -1.75. The maximum Gasteiger partial charge on any atom is 0.257 e. The Kier molecular flexibility index (Phi) is 4.63. The summed E-state index contributed by atoms with van der Waals surface area (Å²) in [5.74, 6) is -0.902. The first kappa shape index (κ1) is 13.7. The van der Waals surface area contributed by atoms with Crippen molar-refractivity contribution in [2.24, 2.45) is 0 Å². The van der Waals surface area contributed by atoms with Crippen molar-refractivity contribution in [1.29, 1.82) is 0 Å². The van der Waals surface area contributed by atoms with Crippen LogP contribution in [0, 0.1) is 5.82 Å². The minimum Gasteiger partial charge on any atom is -0.322 e. The third-order valence-electron chi connectivity index (χ3n) is 2.56. The van der Waals surface area contributed by atoms with Crippen LogP contribution in [0.2, 0.25) is 0 Å². The molecule has 0 unspecified atom stereocenters. The minimum absolute atomic E-state index is 0.199. The molecular weight excluding hydrogens is 311 g/mol. The number of rotatable bonds is 4. The summed E-state index contributed by atoms with van der Waals surface area (Å²) >= 11 is 3.37. The van der Waals surface area contributed by atoms with E-state index in [1.165, 1.54) is 11.8 Å². The molecule has 1 heterocycles. The van der Waals surface area contributed by atoms with Gasteiger partial charge in [-0.25, -0.2) is 4.39 Å². The van der Waals surface area contributed by atoms with Crippen molar-refractivity contribution in [3.63, 3.8) is 0 Å². The number of carbonyl (C=O) groups is 1. The summed E-state index contributed by atoms with van der Waals surface area (Å²) in [4.78, 5) is 15.5. The van der Waals surface area contributed by atoms with Gasteiger partial charge in [0.05, 0.1) is 11.8 Å². The number of nitrogens with zero attached hydrogens (tertiary/aromatic N) is 1. The average Bonchev–Trinajstić information content (AvgIpc) is 2.41. The number of carbonyl (C=O) groups excluding carboxylic acids is 1. The predicted octanol–water partition coefficient (Wildman–Crippen LogP) is 3.41. The SMILES string of the molecule is O=C(Nc1ccc(CCBr)cc1)c1cncc(F)c1. The van der Waals surface area contributed by atoms with Crippen molar-refractivity contribution in [2.75, 3.05) is 10.6 Å². The summed E-state index contributed by atoms with van der Waals surface area (Å²) < 4.78 is 13.0. The molecule has 3 nitrogen and oxygen atoms in total. The maximum atomic E-state index is 13.0. The van der Waals surface area contributed by atoms with Crippen molar-refractivity contribution in [2.45, 2.75) is 6.42 Å². The molecule has 0 fully saturated rings. The number of aromatic nitrogens is 1. The third kappa shape index (κ3) is 3.86. The van der Waals surface area contributed by atoms with E-state index in [0.29, 0.717) is 5.69 Å². The van der Waals surface area contributed by atoms with E-state index in [1.807, 2.05) is 24.3 Å². The van der Waals surface area contributed by atoms with Gasteiger partial charge in [-0.3, -0.25) is 9.78 Å². The van der Waals surface area contributed by atoms with Crippen LogP contribution < -0.4 is 5.32 Å². The molecule has 0 bridgehead atoms. The second-order valence-corrected chi connectivity index (χ2v) is 4.77. The lowest BCUT2D eigenvalue weighted by Gasteiger charge is -2.06. The highest BCUT2D eigenvalue weighted by atomic mass is 79.9. The number of alkyl halides is 1. The van der Waals surface area contributed by atoms with Crippen molar-refractivity contribution < 1.29 is 9.18 Å². The third-order valence-corrected chi connectivity index (χ3v) is 2.96. The molecule has 1 aromatic heterocycles. The number of nitrogens with one attached hydrogen (secondary N) is 1. The Morgan fingerprint density at radius 1 is 1.26 bits per heavy atom. The average molecular weight is 323 g/mol. The molecule has 0 atom stereocenters. The molecule has 19 heavy (non-hydrogen) atoms. The van der Waals surface area contributed by atoms with Gasteiger partial charge in [0.2, 0.25) is 0 Å². The van der Waals surface area contributed by atoms with Crippen molar-refractivity contribution in [3.05, 3.63) is 59.7 Å². The van der Waals surface area contributed by atoms with E-state index in [2.05, 4.69) is 26.2 Å². The summed E-state index contributed by atoms with van der Waals surface area (Å²) in [6.45, 7) is 0. The topological polar surface area (TPSA) is 42.0 Å². The molecule has 0 spiro atoms. The van der Waals surface area contributed by atoms with Crippen LogP contribution in [0.1, 0.15) is 15.9 Å². The molecule has 0 radical (unpaired) electrons. The Morgan fingerprint density at radius 3 is 2.63 bits per heavy atom. The van der Waals surface area contributed by atoms with Crippen molar-refractivity contribution in [3.8, 4) is 0 Å². The highest BCUT2D eigenvalue weighted by Crippen LogP contribution is 2.12. The molecule has 1 amide bonds. The summed E-state index contributed by atoms with van der Waals surface area (Å²) in [5, 5.41) is 3.59. The smallest absolute Gasteiger partial charge is 0.257 e. The summed E-state index contributed by atoms with van der Waals surface area (Å²) in [5.41, 5.74) is 2.06. The monoisotopic (exact) mass is 322 g/mol. The first-order valence-electron chi connectivity index (χ1n) is 5.76. The van der Waals surface area contributed by atoms with Gasteiger partial charge in [-0.2, -0.15) is 0 Å². The van der Waals surface area contributed by atoms with Crippen molar-refractivity contribution >= 4 is 27.5 Å². The zero-order valence-corrected chi connectivity index (χ0v) is 11.7. The van der Waals surface area contributed by atoms with Crippen LogP contribution in [0.15, 0.2) is 42.7 Å². The normalized spacial score (nSPS) is 10.2. The molecule has 0 aliphatic carbocycles. The maximum absolute atomic E-state index is 13.0. The first-order chi connectivity index (χ1) is 9.19. The Labute approximate surface area is 119 Å². The van der Waals surface area contributed by atoms with E-state index < -0.39 is 5.82 Å². The lowest BCUT2D eigenvalue weighted by molar-refractivity contribution is 0.102. The second-order valence-electron chi connectivity index (χ2n) is 3.98. The fraction of sp³-hybridized carbons (Fsp3) is 0.143. The standard InChI is InChI=1S/C14H12BrFN2O/c15-6-5-10-1-3-13(4-2-10)18-14(19)11-7-12(16)9-17-8-11/h1-4,7-9H,5-6H2,(H,18,19). The molecule has 2 rings (SSSR count). The van der Waals surface area contributed by atoms with Gasteiger partial charge in [0.15, 0.2) is 0 Å². The van der Waals surface area contributed by atoms with E-state index in [9.17, 15) is 9.18 Å². The quantitative estimate of drug-likeness (QED) is 0.876. The van der Waals surface area contributed by atoms with Crippen LogP contribution in [0.3, 0.4) is 0 Å². The molecule has 0 saturated heterocycles. The van der Waals surface area contributed by atoms with E-state index in [-0.39, 0.29) is 11.5 Å².